The second-order valence-electron chi connectivity index (χ2n) is 13.6. The van der Waals surface area contributed by atoms with E-state index in [-0.39, 0.29) is 34.6 Å². The summed E-state index contributed by atoms with van der Waals surface area (Å²) in [5.41, 5.74) is 4.09. The SMILES string of the molecule is CC(=O)OC1CC[C@@]2(C)[C](C=CC3=C2CC[C@]2(C)[C@@H](C(C)CCC(C)C(C)C)CC[C@@H]32)C1.F[P-](F)(F)(F)(F)F.[C-]#[O+].[C-]#[O+].[C-]#[O+].[Fe]. The van der Waals surface area contributed by atoms with E-state index in [4.69, 9.17) is 18.7 Å². The van der Waals surface area contributed by atoms with Crippen LogP contribution in [0.5, 0.6) is 0 Å². The third kappa shape index (κ3) is 13.7. The Labute approximate surface area is 281 Å². The van der Waals surface area contributed by atoms with Gasteiger partial charge in [0.05, 0.1) is 0 Å². The Hall–Kier alpha value is -1.30. The van der Waals surface area contributed by atoms with Gasteiger partial charge in [-0.3, -0.25) is 4.79 Å². The Morgan fingerprint density at radius 3 is 1.91 bits per heavy atom. The molecule has 0 saturated heterocycles. The monoisotopic (exact) mass is 724 g/mol. The minimum absolute atomic E-state index is 0. The molecule has 0 bridgehead atoms. The first-order chi connectivity index (χ1) is 20.5. The molecule has 5 nitrogen and oxygen atoms in total. The van der Waals surface area contributed by atoms with Crippen LogP contribution in [0.3, 0.4) is 0 Å². The zero-order chi connectivity index (χ0) is 35.7. The third-order valence-corrected chi connectivity index (χ3v) is 10.5. The molecule has 3 unspecified atom stereocenters. The Morgan fingerprint density at radius 2 is 1.43 bits per heavy atom. The van der Waals surface area contributed by atoms with Crippen molar-refractivity contribution in [3.8, 4) is 0 Å². The van der Waals surface area contributed by atoms with Gasteiger partial charge in [0.25, 0.3) is 0 Å². The first kappa shape index (κ1) is 46.8. The van der Waals surface area contributed by atoms with Crippen molar-refractivity contribution in [3.05, 3.63) is 49.2 Å². The van der Waals surface area contributed by atoms with Crippen LogP contribution in [-0.4, -0.2) is 12.1 Å². The maximum Gasteiger partial charge on any atom is 0 e. The quantitative estimate of drug-likeness (QED) is 0.0682. The summed E-state index contributed by atoms with van der Waals surface area (Å²) < 4.78 is 87.3. The first-order valence-corrected chi connectivity index (χ1v) is 17.2. The van der Waals surface area contributed by atoms with Gasteiger partial charge in [0.15, 0.2) is 0 Å². The molecule has 0 aliphatic heterocycles. The van der Waals surface area contributed by atoms with E-state index in [0.717, 1.165) is 48.9 Å². The second kappa shape index (κ2) is 17.4. The van der Waals surface area contributed by atoms with Gasteiger partial charge in [0.1, 0.15) is 6.10 Å². The number of esters is 1. The van der Waals surface area contributed by atoms with Crippen LogP contribution in [0, 0.1) is 66.3 Å². The van der Waals surface area contributed by atoms with E-state index in [0.29, 0.717) is 5.41 Å². The number of carbonyl (C=O) groups is 1. The molecule has 0 aromatic rings. The van der Waals surface area contributed by atoms with Crippen LogP contribution in [0.15, 0.2) is 23.3 Å². The molecule has 265 valence electrons. The fourth-order valence-electron chi connectivity index (χ4n) is 7.99. The molecule has 0 heterocycles. The van der Waals surface area contributed by atoms with Crippen LogP contribution in [0.25, 0.3) is 0 Å². The topological polar surface area (TPSA) is 86.0 Å². The van der Waals surface area contributed by atoms with E-state index in [1.165, 1.54) is 44.4 Å². The van der Waals surface area contributed by atoms with E-state index < -0.39 is 7.81 Å². The van der Waals surface area contributed by atoms with Gasteiger partial charge in [-0.15, -0.1) is 0 Å². The van der Waals surface area contributed by atoms with Crippen LogP contribution in [0.2, 0.25) is 0 Å². The van der Waals surface area contributed by atoms with Gasteiger partial charge in [-0.05, 0) is 90.9 Å². The van der Waals surface area contributed by atoms with Gasteiger partial charge >= 0.3 is 72.9 Å². The van der Waals surface area contributed by atoms with Crippen LogP contribution in [-0.2, 0) is 40.6 Å². The molecule has 0 aromatic carbocycles. The van der Waals surface area contributed by atoms with Crippen molar-refractivity contribution in [2.45, 2.75) is 112 Å². The molecule has 0 aromatic heterocycles. The number of rotatable bonds is 6. The molecule has 0 N–H and O–H groups in total. The van der Waals surface area contributed by atoms with Crippen molar-refractivity contribution >= 4 is 13.8 Å². The molecule has 7 atom stereocenters. The van der Waals surface area contributed by atoms with Gasteiger partial charge in [0, 0.05) is 29.9 Å². The average molecular weight is 725 g/mol. The number of allylic oxidation sites excluding steroid dienone is 4. The van der Waals surface area contributed by atoms with Crippen LogP contribution >= 0.6 is 7.81 Å². The summed E-state index contributed by atoms with van der Waals surface area (Å²) >= 11 is 0. The largest absolute Gasteiger partial charge is 0 e. The summed E-state index contributed by atoms with van der Waals surface area (Å²) in [6.45, 7) is 29.9. The number of hydrogen-bond donors (Lipinski definition) is 0. The summed E-state index contributed by atoms with van der Waals surface area (Å²) in [4.78, 5) is 11.5. The van der Waals surface area contributed by atoms with E-state index >= 15 is 0 Å². The summed E-state index contributed by atoms with van der Waals surface area (Å²) in [5.74, 6) is 5.43. The fraction of sp³-hybridized carbons (Fsp3) is 0.727. The van der Waals surface area contributed by atoms with Crippen LogP contribution in [0.4, 0.5) is 25.2 Å². The number of ether oxygens (including phenoxy) is 1. The zero-order valence-electron chi connectivity index (χ0n) is 27.6. The molecule has 2 saturated carbocycles. The van der Waals surface area contributed by atoms with Crippen LogP contribution < -0.4 is 0 Å². The summed E-state index contributed by atoms with van der Waals surface area (Å²) in [5, 5.41) is 0. The van der Waals surface area contributed by atoms with Crippen molar-refractivity contribution in [1.29, 1.82) is 0 Å². The van der Waals surface area contributed by atoms with Crippen molar-refractivity contribution in [2.24, 2.45) is 40.4 Å². The number of halogens is 6. The van der Waals surface area contributed by atoms with E-state index in [1.54, 1.807) is 18.1 Å². The molecule has 46 heavy (non-hydrogen) atoms. The Morgan fingerprint density at radius 1 is 0.913 bits per heavy atom. The molecular formula is C33H47F6FeO5P-. The molecule has 4 aliphatic carbocycles. The van der Waals surface area contributed by atoms with Gasteiger partial charge < -0.3 is 4.74 Å². The van der Waals surface area contributed by atoms with Crippen LogP contribution in [0.1, 0.15) is 106 Å². The summed E-state index contributed by atoms with van der Waals surface area (Å²) in [7, 11) is -10.7. The Bertz CT molecular complexity index is 1110. The first-order valence-electron chi connectivity index (χ1n) is 15.1. The number of fused-ring (bicyclic) bond motifs is 4. The average Bonchev–Trinajstić information content (AvgIpc) is 3.30. The zero-order valence-corrected chi connectivity index (χ0v) is 29.6. The molecule has 4 rings (SSSR count). The molecule has 2 fully saturated rings. The molecule has 13 heteroatoms. The van der Waals surface area contributed by atoms with Crippen molar-refractivity contribution in [3.63, 3.8) is 0 Å². The molecule has 1 radical (unpaired) electrons. The predicted molar refractivity (Wildman–Crippen MR) is 158 cm³/mol. The molecule has 0 amide bonds. The number of hydrogen-bond acceptors (Lipinski definition) is 2. The molecular weight excluding hydrogens is 677 g/mol. The van der Waals surface area contributed by atoms with E-state index in [9.17, 15) is 30.0 Å². The molecule has 0 spiro atoms. The maximum absolute atomic E-state index is 11.5. The van der Waals surface area contributed by atoms with Crippen molar-refractivity contribution in [1.82, 2.24) is 0 Å². The minimum Gasteiger partial charge on any atom is 0 e. The van der Waals surface area contributed by atoms with Gasteiger partial charge in [-0.25, -0.2) is 0 Å². The molecule has 4 aliphatic rings. The van der Waals surface area contributed by atoms with Crippen molar-refractivity contribution < 1.29 is 65.7 Å². The maximum atomic E-state index is 11.5. The smallest absolute Gasteiger partial charge is 0 e. The van der Waals surface area contributed by atoms with Crippen molar-refractivity contribution in [2.75, 3.05) is 0 Å². The van der Waals surface area contributed by atoms with Gasteiger partial charge in [-0.1, -0.05) is 72.1 Å². The van der Waals surface area contributed by atoms with E-state index in [1.807, 2.05) is 0 Å². The minimum atomic E-state index is -10.7. The standard InChI is InChI=1S/C30H47O2.3CO.F6P.Fe/c1-19(2)20(3)8-9-21(4)26-12-13-27-25-11-10-23-18-24(32-22(5)31)14-16-29(23,6)28(25)15-17-30(26,27)7;3*1-2;1-7(2,3,4,5)6;/h10-11,19-21,24,26-27H,8-9,12-18H2,1-7H3;;;;;/q;;;;-1;/t20?,21?,24?,26-,27+,29+,30-;;;;;/m1...../s1. The fourth-order valence-corrected chi connectivity index (χ4v) is 7.99. The summed E-state index contributed by atoms with van der Waals surface area (Å²) in [6, 6.07) is 0. The Kier molecular flexibility index (Phi) is 17.7. The van der Waals surface area contributed by atoms with Gasteiger partial charge in [0.2, 0.25) is 0 Å². The second-order valence-corrected chi connectivity index (χ2v) is 15.5. The Balaban J connectivity index is 0. The number of carbonyl (C=O) groups excluding carboxylic acids is 1. The normalized spacial score (nSPS) is 30.7. The summed E-state index contributed by atoms with van der Waals surface area (Å²) in [6.07, 6.45) is 16.2. The van der Waals surface area contributed by atoms with E-state index in [2.05, 4.69) is 73.6 Å². The predicted octanol–water partition coefficient (Wildman–Crippen LogP) is 11.4. The third-order valence-electron chi connectivity index (χ3n) is 10.5. The van der Waals surface area contributed by atoms with Gasteiger partial charge in [-0.2, -0.15) is 0 Å².